The van der Waals surface area contributed by atoms with Crippen LogP contribution in [0.2, 0.25) is 5.15 Å². The Balaban J connectivity index is 3.04. The van der Waals surface area contributed by atoms with E-state index in [9.17, 15) is 0 Å². The number of nitriles is 1. The first kappa shape index (κ1) is 12.7. The normalized spacial score (nSPS) is 11.9. The van der Waals surface area contributed by atoms with Crippen LogP contribution in [0.4, 0.5) is 5.82 Å². The summed E-state index contributed by atoms with van der Waals surface area (Å²) in [5.41, 5.74) is 0.927. The topological polar surface area (TPSA) is 52.8 Å². The molecule has 0 saturated carbocycles. The van der Waals surface area contributed by atoms with Gasteiger partial charge in [0.1, 0.15) is 17.3 Å². The number of anilines is 1. The van der Waals surface area contributed by atoms with Gasteiger partial charge in [-0.2, -0.15) is 5.26 Å². The van der Waals surface area contributed by atoms with E-state index in [1.807, 2.05) is 25.8 Å². The molecule has 1 rings (SSSR count). The summed E-state index contributed by atoms with van der Waals surface area (Å²) in [6.07, 6.45) is 2.69. The van der Waals surface area contributed by atoms with Crippen LogP contribution in [0.25, 0.3) is 0 Å². The lowest BCUT2D eigenvalue weighted by atomic mass is 10.2. The molecule has 1 heterocycles. The molecule has 0 bridgehead atoms. The van der Waals surface area contributed by atoms with Gasteiger partial charge in [-0.25, -0.2) is 9.97 Å². The van der Waals surface area contributed by atoms with E-state index in [1.165, 1.54) is 6.33 Å². The van der Waals surface area contributed by atoms with E-state index in [1.54, 1.807) is 0 Å². The molecule has 5 heteroatoms. The van der Waals surface area contributed by atoms with E-state index in [0.717, 1.165) is 17.8 Å². The summed E-state index contributed by atoms with van der Waals surface area (Å²) >= 11 is 6.01. The monoisotopic (exact) mass is 238 g/mol. The number of nitrogens with zero attached hydrogens (tertiary/aromatic N) is 4. The quantitative estimate of drug-likeness (QED) is 0.756. The number of rotatable bonds is 4. The van der Waals surface area contributed by atoms with Crippen LogP contribution in [0.15, 0.2) is 6.33 Å². The van der Waals surface area contributed by atoms with Gasteiger partial charge in [-0.3, -0.25) is 0 Å². The van der Waals surface area contributed by atoms with Gasteiger partial charge in [0.05, 0.1) is 12.5 Å². The summed E-state index contributed by atoms with van der Waals surface area (Å²) < 4.78 is 0. The maximum absolute atomic E-state index is 8.68. The molecule has 0 aliphatic rings. The van der Waals surface area contributed by atoms with Crippen molar-refractivity contribution in [2.75, 3.05) is 11.9 Å². The molecule has 0 aliphatic heterocycles. The predicted molar refractivity (Wildman–Crippen MR) is 64.5 cm³/mol. The number of halogens is 1. The third-order valence-corrected chi connectivity index (χ3v) is 2.93. The van der Waals surface area contributed by atoms with Gasteiger partial charge in [-0.15, -0.1) is 0 Å². The zero-order chi connectivity index (χ0) is 12.1. The number of hydrogen-bond donors (Lipinski definition) is 0. The Morgan fingerprint density at radius 1 is 1.56 bits per heavy atom. The van der Waals surface area contributed by atoms with Gasteiger partial charge in [-0.1, -0.05) is 18.5 Å². The minimum atomic E-state index is 0.112. The molecule has 0 N–H and O–H groups in total. The van der Waals surface area contributed by atoms with Crippen LogP contribution in [-0.2, 0) is 6.42 Å². The average Bonchev–Trinajstić information content (AvgIpc) is 2.28. The molecule has 0 saturated heterocycles. The second-order valence-electron chi connectivity index (χ2n) is 3.64. The molecule has 1 atom stereocenters. The predicted octanol–water partition coefficient (Wildman–Crippen LogP) is 2.43. The highest BCUT2D eigenvalue weighted by Gasteiger charge is 2.16. The van der Waals surface area contributed by atoms with Gasteiger partial charge < -0.3 is 4.90 Å². The summed E-state index contributed by atoms with van der Waals surface area (Å²) in [6.45, 7) is 4.00. The van der Waals surface area contributed by atoms with Crippen LogP contribution >= 0.6 is 11.6 Å². The average molecular weight is 239 g/mol. The summed E-state index contributed by atoms with van der Waals surface area (Å²) in [4.78, 5) is 10.2. The van der Waals surface area contributed by atoms with Crippen LogP contribution in [-0.4, -0.2) is 23.1 Å². The van der Waals surface area contributed by atoms with E-state index in [-0.39, 0.29) is 6.04 Å². The van der Waals surface area contributed by atoms with Crippen molar-refractivity contribution in [1.29, 1.82) is 5.26 Å². The van der Waals surface area contributed by atoms with Crippen molar-refractivity contribution < 1.29 is 0 Å². The van der Waals surface area contributed by atoms with Gasteiger partial charge in [0, 0.05) is 18.7 Å². The van der Waals surface area contributed by atoms with E-state index >= 15 is 0 Å². The molecular weight excluding hydrogens is 224 g/mol. The van der Waals surface area contributed by atoms with Gasteiger partial charge in [0.25, 0.3) is 0 Å². The maximum atomic E-state index is 8.68. The third-order valence-electron chi connectivity index (χ3n) is 2.61. The smallest absolute Gasteiger partial charge is 0.137 e. The molecule has 0 aliphatic carbocycles. The fourth-order valence-electron chi connectivity index (χ4n) is 1.47. The van der Waals surface area contributed by atoms with Crippen molar-refractivity contribution in [3.05, 3.63) is 17.0 Å². The van der Waals surface area contributed by atoms with Gasteiger partial charge in [0.2, 0.25) is 0 Å². The zero-order valence-electron chi connectivity index (χ0n) is 9.74. The van der Waals surface area contributed by atoms with Crippen molar-refractivity contribution in [2.45, 2.75) is 32.7 Å². The SMILES string of the molecule is CCc1c(Cl)ncnc1N(C)C(C)CC#N. The van der Waals surface area contributed by atoms with Crippen molar-refractivity contribution in [2.24, 2.45) is 0 Å². The fraction of sp³-hybridized carbons (Fsp3) is 0.545. The second-order valence-corrected chi connectivity index (χ2v) is 4.00. The summed E-state index contributed by atoms with van der Waals surface area (Å²) in [6, 6.07) is 2.26. The van der Waals surface area contributed by atoms with E-state index in [0.29, 0.717) is 11.6 Å². The first-order chi connectivity index (χ1) is 7.61. The van der Waals surface area contributed by atoms with Crippen molar-refractivity contribution in [1.82, 2.24) is 9.97 Å². The lowest BCUT2D eigenvalue weighted by molar-refractivity contribution is 0.688. The van der Waals surface area contributed by atoms with Gasteiger partial charge in [0.15, 0.2) is 0 Å². The molecule has 16 heavy (non-hydrogen) atoms. The van der Waals surface area contributed by atoms with Crippen LogP contribution < -0.4 is 4.90 Å². The largest absolute Gasteiger partial charge is 0.356 e. The molecule has 0 spiro atoms. The third kappa shape index (κ3) is 2.61. The molecule has 0 amide bonds. The van der Waals surface area contributed by atoms with Crippen molar-refractivity contribution >= 4 is 17.4 Å². The minimum absolute atomic E-state index is 0.112. The number of hydrogen-bond acceptors (Lipinski definition) is 4. The molecular formula is C11H15ClN4. The van der Waals surface area contributed by atoms with Crippen LogP contribution in [0.1, 0.15) is 25.8 Å². The summed E-state index contributed by atoms with van der Waals surface area (Å²) in [5.74, 6) is 0.810. The van der Waals surface area contributed by atoms with Crippen LogP contribution in [0, 0.1) is 11.3 Å². The number of aromatic nitrogens is 2. The highest BCUT2D eigenvalue weighted by atomic mass is 35.5. The molecule has 1 unspecified atom stereocenters. The molecule has 0 aromatic carbocycles. The van der Waals surface area contributed by atoms with E-state index in [2.05, 4.69) is 16.0 Å². The maximum Gasteiger partial charge on any atom is 0.137 e. The first-order valence-electron chi connectivity index (χ1n) is 5.21. The highest BCUT2D eigenvalue weighted by molar-refractivity contribution is 6.30. The molecule has 1 aromatic rings. The Morgan fingerprint density at radius 2 is 2.25 bits per heavy atom. The Kier molecular flexibility index (Phi) is 4.51. The molecule has 1 aromatic heterocycles. The van der Waals surface area contributed by atoms with Gasteiger partial charge >= 0.3 is 0 Å². The Labute approximate surface area is 101 Å². The Bertz CT molecular complexity index is 399. The van der Waals surface area contributed by atoms with Crippen molar-refractivity contribution in [3.63, 3.8) is 0 Å². The van der Waals surface area contributed by atoms with Crippen LogP contribution in [0.3, 0.4) is 0 Å². The van der Waals surface area contributed by atoms with Gasteiger partial charge in [-0.05, 0) is 13.3 Å². The Morgan fingerprint density at radius 3 is 2.81 bits per heavy atom. The molecule has 0 radical (unpaired) electrons. The lowest BCUT2D eigenvalue weighted by Crippen LogP contribution is -2.30. The Hall–Kier alpha value is -1.34. The minimum Gasteiger partial charge on any atom is -0.356 e. The highest BCUT2D eigenvalue weighted by Crippen LogP contribution is 2.24. The lowest BCUT2D eigenvalue weighted by Gasteiger charge is -2.26. The standard InChI is InChI=1S/C11H15ClN4/c1-4-9-10(12)14-7-15-11(9)16(3)8(2)5-6-13/h7-8H,4-5H2,1-3H3. The van der Waals surface area contributed by atoms with Crippen molar-refractivity contribution in [3.8, 4) is 6.07 Å². The molecule has 86 valence electrons. The van der Waals surface area contributed by atoms with E-state index < -0.39 is 0 Å². The second kappa shape index (κ2) is 5.66. The molecule has 4 nitrogen and oxygen atoms in total. The molecule has 0 fully saturated rings. The zero-order valence-corrected chi connectivity index (χ0v) is 10.5. The summed E-state index contributed by atoms with van der Waals surface area (Å²) in [7, 11) is 1.92. The van der Waals surface area contributed by atoms with E-state index in [4.69, 9.17) is 16.9 Å². The van der Waals surface area contributed by atoms with Crippen LogP contribution in [0.5, 0.6) is 0 Å². The fourth-order valence-corrected chi connectivity index (χ4v) is 1.73. The first-order valence-corrected chi connectivity index (χ1v) is 5.58. The summed E-state index contributed by atoms with van der Waals surface area (Å²) in [5, 5.41) is 9.17.